The third-order valence-corrected chi connectivity index (χ3v) is 4.79. The molecular formula is C20H32N4O. The normalized spacial score (nSPS) is 18.2. The second-order valence-electron chi connectivity index (χ2n) is 6.89. The van der Waals surface area contributed by atoms with Crippen LogP contribution in [-0.2, 0) is 11.2 Å². The van der Waals surface area contributed by atoms with Gasteiger partial charge >= 0.3 is 0 Å². The van der Waals surface area contributed by atoms with Gasteiger partial charge < -0.3 is 16.0 Å². The minimum absolute atomic E-state index is 0.201. The van der Waals surface area contributed by atoms with Gasteiger partial charge in [-0.2, -0.15) is 0 Å². The van der Waals surface area contributed by atoms with Gasteiger partial charge in [0.05, 0.1) is 0 Å². The van der Waals surface area contributed by atoms with Crippen molar-refractivity contribution >= 4 is 11.9 Å². The van der Waals surface area contributed by atoms with Crippen molar-refractivity contribution in [1.82, 2.24) is 10.2 Å². The standard InChI is InChI=1S/C20H32N4O/c1-22-20(24-14-8-12-18(16-24)15-19(21)25)23-13-7-3-6-11-17-9-4-2-5-10-17/h2,4-5,9-10,18H,3,6-8,11-16H2,1H3,(H2,21,25)(H,22,23). The highest BCUT2D eigenvalue weighted by Crippen LogP contribution is 2.19. The van der Waals surface area contributed by atoms with Gasteiger partial charge in [0, 0.05) is 33.1 Å². The van der Waals surface area contributed by atoms with Crippen LogP contribution in [0.1, 0.15) is 44.1 Å². The first-order chi connectivity index (χ1) is 12.2. The van der Waals surface area contributed by atoms with E-state index in [1.54, 1.807) is 0 Å². The molecule has 1 atom stereocenters. The zero-order valence-corrected chi connectivity index (χ0v) is 15.4. The number of carbonyl (C=O) groups excluding carboxylic acids is 1. The maximum Gasteiger partial charge on any atom is 0.217 e. The van der Waals surface area contributed by atoms with Gasteiger partial charge in [0.2, 0.25) is 5.91 Å². The Balaban J connectivity index is 1.63. The molecule has 2 rings (SSSR count). The number of carbonyl (C=O) groups is 1. The Labute approximate surface area is 151 Å². The fourth-order valence-electron chi connectivity index (χ4n) is 3.52. The Morgan fingerprint density at radius 1 is 1.28 bits per heavy atom. The smallest absolute Gasteiger partial charge is 0.217 e. The molecule has 0 spiro atoms. The molecule has 1 aromatic carbocycles. The lowest BCUT2D eigenvalue weighted by atomic mass is 9.95. The summed E-state index contributed by atoms with van der Waals surface area (Å²) in [7, 11) is 1.83. The van der Waals surface area contributed by atoms with Crippen LogP contribution >= 0.6 is 0 Å². The molecule has 1 amide bonds. The molecule has 5 nitrogen and oxygen atoms in total. The van der Waals surface area contributed by atoms with Crippen LogP contribution in [0, 0.1) is 5.92 Å². The summed E-state index contributed by atoms with van der Waals surface area (Å²) in [5, 5.41) is 3.47. The summed E-state index contributed by atoms with van der Waals surface area (Å²) in [6.45, 7) is 2.82. The number of hydrogen-bond acceptors (Lipinski definition) is 2. The lowest BCUT2D eigenvalue weighted by Gasteiger charge is -2.34. The van der Waals surface area contributed by atoms with Gasteiger partial charge in [-0.25, -0.2) is 0 Å². The van der Waals surface area contributed by atoms with Crippen molar-refractivity contribution < 1.29 is 4.79 Å². The van der Waals surface area contributed by atoms with Crippen LogP contribution in [0.25, 0.3) is 0 Å². The average molecular weight is 345 g/mol. The van der Waals surface area contributed by atoms with Crippen molar-refractivity contribution in [3.8, 4) is 0 Å². The van der Waals surface area contributed by atoms with Crippen LogP contribution in [0.15, 0.2) is 35.3 Å². The number of primary amides is 1. The number of amides is 1. The van der Waals surface area contributed by atoms with E-state index in [9.17, 15) is 4.79 Å². The summed E-state index contributed by atoms with van der Waals surface area (Å²) in [5.74, 6) is 1.11. The number of rotatable bonds is 8. The molecule has 0 radical (unpaired) electrons. The Hall–Kier alpha value is -2.04. The quantitative estimate of drug-likeness (QED) is 0.432. The van der Waals surface area contributed by atoms with E-state index in [4.69, 9.17) is 5.73 Å². The van der Waals surface area contributed by atoms with Gasteiger partial charge in [-0.15, -0.1) is 0 Å². The summed E-state index contributed by atoms with van der Waals surface area (Å²) in [4.78, 5) is 17.8. The highest BCUT2D eigenvalue weighted by atomic mass is 16.1. The maximum atomic E-state index is 11.1. The van der Waals surface area contributed by atoms with Crippen molar-refractivity contribution in [2.45, 2.75) is 44.9 Å². The summed E-state index contributed by atoms with van der Waals surface area (Å²) in [5.41, 5.74) is 6.76. The summed E-state index contributed by atoms with van der Waals surface area (Å²) < 4.78 is 0. The van der Waals surface area contributed by atoms with E-state index in [0.717, 1.165) is 51.3 Å². The zero-order valence-electron chi connectivity index (χ0n) is 15.4. The predicted molar refractivity (Wildman–Crippen MR) is 103 cm³/mol. The largest absolute Gasteiger partial charge is 0.370 e. The predicted octanol–water partition coefficient (Wildman–Crippen LogP) is 2.56. The summed E-state index contributed by atoms with van der Waals surface area (Å²) in [6, 6.07) is 10.7. The fraction of sp³-hybridized carbons (Fsp3) is 0.600. The molecule has 0 saturated carbocycles. The fourth-order valence-corrected chi connectivity index (χ4v) is 3.52. The second kappa shape index (κ2) is 10.7. The van der Waals surface area contributed by atoms with E-state index in [-0.39, 0.29) is 5.91 Å². The van der Waals surface area contributed by atoms with Crippen LogP contribution < -0.4 is 11.1 Å². The minimum Gasteiger partial charge on any atom is -0.370 e. The second-order valence-corrected chi connectivity index (χ2v) is 6.89. The van der Waals surface area contributed by atoms with Gasteiger partial charge in [-0.05, 0) is 43.6 Å². The number of nitrogens with two attached hydrogens (primary N) is 1. The van der Waals surface area contributed by atoms with Crippen molar-refractivity contribution in [2.75, 3.05) is 26.7 Å². The molecular weight excluding hydrogens is 312 g/mol. The maximum absolute atomic E-state index is 11.1. The van der Waals surface area contributed by atoms with Gasteiger partial charge in [0.1, 0.15) is 0 Å². The van der Waals surface area contributed by atoms with Crippen LogP contribution in [0.4, 0.5) is 0 Å². The lowest BCUT2D eigenvalue weighted by Crippen LogP contribution is -2.47. The number of guanidine groups is 1. The van der Waals surface area contributed by atoms with Crippen molar-refractivity contribution in [1.29, 1.82) is 0 Å². The first-order valence-corrected chi connectivity index (χ1v) is 9.47. The van der Waals surface area contributed by atoms with E-state index < -0.39 is 0 Å². The average Bonchev–Trinajstić information content (AvgIpc) is 2.62. The number of hydrogen-bond donors (Lipinski definition) is 2. The van der Waals surface area contributed by atoms with Crippen molar-refractivity contribution in [3.63, 3.8) is 0 Å². The number of nitrogens with zero attached hydrogens (tertiary/aromatic N) is 2. The van der Waals surface area contributed by atoms with Crippen LogP contribution in [0.5, 0.6) is 0 Å². The monoisotopic (exact) mass is 344 g/mol. The molecule has 0 bridgehead atoms. The first-order valence-electron chi connectivity index (χ1n) is 9.47. The van der Waals surface area contributed by atoms with E-state index in [0.29, 0.717) is 12.3 Å². The lowest BCUT2D eigenvalue weighted by molar-refractivity contribution is -0.119. The van der Waals surface area contributed by atoms with E-state index in [1.807, 2.05) is 7.05 Å². The van der Waals surface area contributed by atoms with Gasteiger partial charge in [-0.1, -0.05) is 36.8 Å². The zero-order chi connectivity index (χ0) is 17.9. The SMILES string of the molecule is CN=C(NCCCCCc1ccccc1)N1CCCC(CC(N)=O)C1. The summed E-state index contributed by atoms with van der Waals surface area (Å²) in [6.07, 6.45) is 7.37. The molecule has 25 heavy (non-hydrogen) atoms. The Bertz CT molecular complexity index is 544. The highest BCUT2D eigenvalue weighted by molar-refractivity contribution is 5.80. The molecule has 5 heteroatoms. The number of nitrogens with one attached hydrogen (secondary N) is 1. The van der Waals surface area contributed by atoms with Crippen LogP contribution in [0.3, 0.4) is 0 Å². The third-order valence-electron chi connectivity index (χ3n) is 4.79. The molecule has 1 aliphatic heterocycles. The number of likely N-dealkylation sites (tertiary alicyclic amines) is 1. The Kier molecular flexibility index (Phi) is 8.29. The number of aryl methyl sites for hydroxylation is 1. The molecule has 138 valence electrons. The van der Waals surface area contributed by atoms with E-state index in [2.05, 4.69) is 45.5 Å². The Morgan fingerprint density at radius 3 is 2.80 bits per heavy atom. The summed E-state index contributed by atoms with van der Waals surface area (Å²) >= 11 is 0. The van der Waals surface area contributed by atoms with Crippen molar-refractivity contribution in [3.05, 3.63) is 35.9 Å². The molecule has 0 aromatic heterocycles. The molecule has 1 unspecified atom stereocenters. The number of aliphatic imine (C=N–C) groups is 1. The molecule has 0 aliphatic carbocycles. The molecule has 1 heterocycles. The molecule has 1 saturated heterocycles. The molecule has 1 fully saturated rings. The molecule has 1 aromatic rings. The van der Waals surface area contributed by atoms with E-state index >= 15 is 0 Å². The van der Waals surface area contributed by atoms with Gasteiger partial charge in [0.25, 0.3) is 0 Å². The number of unbranched alkanes of at least 4 members (excludes halogenated alkanes) is 2. The van der Waals surface area contributed by atoms with Crippen molar-refractivity contribution in [2.24, 2.45) is 16.6 Å². The number of benzene rings is 1. The third kappa shape index (κ3) is 7.16. The number of piperidine rings is 1. The first kappa shape index (κ1) is 19.3. The molecule has 1 aliphatic rings. The van der Waals surface area contributed by atoms with Crippen LogP contribution in [-0.4, -0.2) is 43.4 Å². The highest BCUT2D eigenvalue weighted by Gasteiger charge is 2.23. The molecule has 3 N–H and O–H groups in total. The van der Waals surface area contributed by atoms with Gasteiger partial charge in [-0.3, -0.25) is 9.79 Å². The van der Waals surface area contributed by atoms with Gasteiger partial charge in [0.15, 0.2) is 5.96 Å². The minimum atomic E-state index is -0.201. The topological polar surface area (TPSA) is 70.7 Å². The van der Waals surface area contributed by atoms with Crippen LogP contribution in [0.2, 0.25) is 0 Å². The van der Waals surface area contributed by atoms with E-state index in [1.165, 1.54) is 18.4 Å². The Morgan fingerprint density at radius 2 is 2.08 bits per heavy atom.